The van der Waals surface area contributed by atoms with E-state index in [0.29, 0.717) is 25.3 Å². The molecule has 0 unspecified atom stereocenters. The third-order valence-electron chi connectivity index (χ3n) is 4.78. The van der Waals surface area contributed by atoms with Crippen molar-refractivity contribution in [3.8, 4) is 5.75 Å². The lowest BCUT2D eigenvalue weighted by atomic mass is 10.1. The predicted octanol–water partition coefficient (Wildman–Crippen LogP) is 3.39. The molecule has 6 nitrogen and oxygen atoms in total. The predicted molar refractivity (Wildman–Crippen MR) is 112 cm³/mol. The number of hydrogen-bond acceptors (Lipinski definition) is 5. The number of benzene rings is 1. The summed E-state index contributed by atoms with van der Waals surface area (Å²) in [6, 6.07) is 11.9. The van der Waals surface area contributed by atoms with E-state index in [1.54, 1.807) is 18.4 Å². The second-order valence-corrected chi connectivity index (χ2v) is 7.54. The topological polar surface area (TPSA) is 70.2 Å². The number of amides is 1. The van der Waals surface area contributed by atoms with Gasteiger partial charge >= 0.3 is 0 Å². The van der Waals surface area contributed by atoms with Crippen LogP contribution < -0.4 is 10.1 Å². The van der Waals surface area contributed by atoms with E-state index in [2.05, 4.69) is 21.6 Å². The van der Waals surface area contributed by atoms with Crippen molar-refractivity contribution >= 4 is 29.7 Å². The van der Waals surface area contributed by atoms with Crippen LogP contribution in [0.4, 0.5) is 0 Å². The fourth-order valence-electron chi connectivity index (χ4n) is 3.38. The van der Waals surface area contributed by atoms with Gasteiger partial charge in [0.05, 0.1) is 20.2 Å². The van der Waals surface area contributed by atoms with Crippen molar-refractivity contribution < 1.29 is 9.53 Å². The van der Waals surface area contributed by atoms with Crippen molar-refractivity contribution in [2.75, 3.05) is 13.7 Å². The second kappa shape index (κ2) is 9.23. The summed E-state index contributed by atoms with van der Waals surface area (Å²) < 4.78 is 5.48. The van der Waals surface area contributed by atoms with Crippen LogP contribution in [0.2, 0.25) is 0 Å². The zero-order valence-corrected chi connectivity index (χ0v) is 17.2. The molecule has 1 aromatic carbocycles. The molecule has 4 rings (SSSR count). The van der Waals surface area contributed by atoms with Gasteiger partial charge in [0, 0.05) is 41.2 Å². The molecule has 0 bridgehead atoms. The Morgan fingerprint density at radius 2 is 2.11 bits per heavy atom. The highest BCUT2D eigenvalue weighted by atomic mass is 35.5. The molecule has 0 aliphatic carbocycles. The molecule has 3 heterocycles. The van der Waals surface area contributed by atoms with E-state index in [9.17, 15) is 4.79 Å². The molecule has 1 amide bonds. The molecule has 2 N–H and O–H groups in total. The molecule has 28 heavy (non-hydrogen) atoms. The quantitative estimate of drug-likeness (QED) is 0.643. The van der Waals surface area contributed by atoms with Gasteiger partial charge in [0.15, 0.2) is 5.69 Å². The molecule has 1 aliphatic rings. The first kappa shape index (κ1) is 20.4. The van der Waals surface area contributed by atoms with Gasteiger partial charge in [-0.25, -0.2) is 0 Å². The largest absolute Gasteiger partial charge is 0.496 e. The monoisotopic (exact) mass is 418 g/mol. The number of aromatic nitrogens is 2. The fraction of sp³-hybridized carbons (Fsp3) is 0.300. The summed E-state index contributed by atoms with van der Waals surface area (Å²) in [5, 5.41) is 12.8. The highest BCUT2D eigenvalue weighted by Gasteiger charge is 2.26. The number of halogens is 1. The molecule has 0 spiro atoms. The molecule has 0 saturated carbocycles. The molecule has 0 atom stereocenters. The molecule has 0 fully saturated rings. The van der Waals surface area contributed by atoms with Gasteiger partial charge in [0.1, 0.15) is 5.75 Å². The summed E-state index contributed by atoms with van der Waals surface area (Å²) in [5.74, 6) is 0.725. The van der Waals surface area contributed by atoms with Gasteiger partial charge in [0.2, 0.25) is 0 Å². The number of nitrogens with one attached hydrogen (secondary N) is 2. The van der Waals surface area contributed by atoms with Crippen LogP contribution >= 0.6 is 23.7 Å². The first-order valence-corrected chi connectivity index (χ1v) is 9.84. The van der Waals surface area contributed by atoms with Crippen LogP contribution in [0.15, 0.2) is 41.8 Å². The Hall–Kier alpha value is -2.35. The number of carbonyl (C=O) groups is 1. The van der Waals surface area contributed by atoms with Gasteiger partial charge in [-0.3, -0.25) is 9.89 Å². The van der Waals surface area contributed by atoms with Crippen LogP contribution in [-0.2, 0) is 26.1 Å². The Bertz CT molecular complexity index is 926. The Morgan fingerprint density at radius 1 is 1.25 bits per heavy atom. The van der Waals surface area contributed by atoms with E-state index in [1.165, 1.54) is 0 Å². The lowest BCUT2D eigenvalue weighted by Gasteiger charge is -2.23. The van der Waals surface area contributed by atoms with Crippen molar-refractivity contribution in [3.63, 3.8) is 0 Å². The first-order valence-electron chi connectivity index (χ1n) is 8.96. The number of ether oxygens (including phenoxy) is 1. The standard InChI is InChI=1S/C20H22N4O2S.ClH/c1-26-18-7-3-2-5-14(18)12-24(13-15-6-4-10-27-15)20(25)19-16-11-21-9-8-17(16)22-23-19;/h2-7,10,21H,8-9,11-13H2,1H3,(H,22,23);1H. The number of methoxy groups -OCH3 is 1. The van der Waals surface area contributed by atoms with E-state index >= 15 is 0 Å². The number of H-pyrrole nitrogens is 1. The van der Waals surface area contributed by atoms with Crippen molar-refractivity contribution in [1.29, 1.82) is 0 Å². The lowest BCUT2D eigenvalue weighted by molar-refractivity contribution is 0.0723. The molecule has 0 radical (unpaired) electrons. The third-order valence-corrected chi connectivity index (χ3v) is 5.64. The van der Waals surface area contributed by atoms with Gasteiger partial charge in [-0.05, 0) is 17.5 Å². The number of para-hydroxylation sites is 1. The number of nitrogens with zero attached hydrogens (tertiary/aromatic N) is 2. The minimum absolute atomic E-state index is 0. The number of hydrogen-bond donors (Lipinski definition) is 2. The van der Waals surface area contributed by atoms with Gasteiger partial charge in [-0.1, -0.05) is 24.3 Å². The highest BCUT2D eigenvalue weighted by molar-refractivity contribution is 7.09. The Kier molecular flexibility index (Phi) is 6.72. The summed E-state index contributed by atoms with van der Waals surface area (Å²) in [6.07, 6.45) is 0.868. The molecule has 1 aliphatic heterocycles. The third kappa shape index (κ3) is 4.22. The van der Waals surface area contributed by atoms with Crippen molar-refractivity contribution in [2.45, 2.75) is 26.1 Å². The van der Waals surface area contributed by atoms with Crippen LogP contribution in [-0.4, -0.2) is 34.7 Å². The number of aromatic amines is 1. The summed E-state index contributed by atoms with van der Waals surface area (Å²) >= 11 is 1.65. The van der Waals surface area contributed by atoms with Gasteiger partial charge in [-0.15, -0.1) is 23.7 Å². The van der Waals surface area contributed by atoms with E-state index in [0.717, 1.165) is 40.4 Å². The Labute approximate surface area is 174 Å². The van der Waals surface area contributed by atoms with Gasteiger partial charge < -0.3 is 15.0 Å². The summed E-state index contributed by atoms with van der Waals surface area (Å²) in [4.78, 5) is 16.4. The summed E-state index contributed by atoms with van der Waals surface area (Å²) in [7, 11) is 1.65. The maximum absolute atomic E-state index is 13.4. The van der Waals surface area contributed by atoms with Crippen LogP contribution in [0.25, 0.3) is 0 Å². The van der Waals surface area contributed by atoms with Gasteiger partial charge in [-0.2, -0.15) is 5.10 Å². The van der Waals surface area contributed by atoms with Crippen LogP contribution in [0.3, 0.4) is 0 Å². The highest BCUT2D eigenvalue weighted by Crippen LogP contribution is 2.24. The van der Waals surface area contributed by atoms with Crippen molar-refractivity contribution in [1.82, 2.24) is 20.4 Å². The fourth-order valence-corrected chi connectivity index (χ4v) is 4.10. The second-order valence-electron chi connectivity index (χ2n) is 6.51. The van der Waals surface area contributed by atoms with E-state index in [-0.39, 0.29) is 18.3 Å². The average Bonchev–Trinajstić information content (AvgIpc) is 3.37. The number of rotatable bonds is 6. The minimum atomic E-state index is -0.0597. The maximum Gasteiger partial charge on any atom is 0.275 e. The number of thiophene rings is 1. The summed E-state index contributed by atoms with van der Waals surface area (Å²) in [6.45, 7) is 2.59. The first-order chi connectivity index (χ1) is 13.3. The molecule has 148 valence electrons. The maximum atomic E-state index is 13.4. The lowest BCUT2D eigenvalue weighted by Crippen LogP contribution is -2.32. The molecule has 3 aromatic rings. The number of fused-ring (bicyclic) bond motifs is 1. The van der Waals surface area contributed by atoms with Crippen LogP contribution in [0.1, 0.15) is 32.2 Å². The molecule has 8 heteroatoms. The van der Waals surface area contributed by atoms with Crippen LogP contribution in [0, 0.1) is 0 Å². The van der Waals surface area contributed by atoms with E-state index in [1.807, 2.05) is 40.6 Å². The molecule has 0 saturated heterocycles. The van der Waals surface area contributed by atoms with Crippen LogP contribution in [0.5, 0.6) is 5.75 Å². The smallest absolute Gasteiger partial charge is 0.275 e. The zero-order chi connectivity index (χ0) is 18.6. The van der Waals surface area contributed by atoms with Crippen molar-refractivity contribution in [3.05, 3.63) is 69.2 Å². The minimum Gasteiger partial charge on any atom is -0.496 e. The van der Waals surface area contributed by atoms with Crippen molar-refractivity contribution in [2.24, 2.45) is 0 Å². The summed E-state index contributed by atoms with van der Waals surface area (Å²) in [5.41, 5.74) is 3.55. The molecule has 2 aromatic heterocycles. The zero-order valence-electron chi connectivity index (χ0n) is 15.6. The molecular formula is C20H23ClN4O2S. The molecular weight excluding hydrogens is 396 g/mol. The normalized spacial score (nSPS) is 12.8. The Morgan fingerprint density at radius 3 is 2.89 bits per heavy atom. The van der Waals surface area contributed by atoms with Gasteiger partial charge in [0.25, 0.3) is 5.91 Å². The average molecular weight is 419 g/mol. The van der Waals surface area contributed by atoms with E-state index < -0.39 is 0 Å². The number of carbonyl (C=O) groups excluding carboxylic acids is 1. The Balaban J connectivity index is 0.00000225. The van der Waals surface area contributed by atoms with E-state index in [4.69, 9.17) is 4.74 Å². The SMILES string of the molecule is COc1ccccc1CN(Cc1cccs1)C(=O)c1n[nH]c2c1CNCC2.Cl.